The first-order valence-corrected chi connectivity index (χ1v) is 10.9. The molecule has 1 saturated heterocycles. The Hall–Kier alpha value is -2.38. The third-order valence-electron chi connectivity index (χ3n) is 4.62. The lowest BCUT2D eigenvalue weighted by Crippen LogP contribution is -2.28. The lowest BCUT2D eigenvalue weighted by atomic mass is 10.1. The molecular weight excluding hydrogens is 376 g/mol. The summed E-state index contributed by atoms with van der Waals surface area (Å²) in [6.07, 6.45) is 1.81. The summed E-state index contributed by atoms with van der Waals surface area (Å²) in [6, 6.07) is 11.9. The SMILES string of the molecule is Cc1ccc(C(=O)Nc2ccc(OC(C)C)cc2)cc1S(=O)(=O)N1CCCC1. The maximum absolute atomic E-state index is 12.9. The van der Waals surface area contributed by atoms with Crippen LogP contribution in [0, 0.1) is 6.92 Å². The van der Waals surface area contributed by atoms with Gasteiger partial charge >= 0.3 is 0 Å². The lowest BCUT2D eigenvalue weighted by molar-refractivity contribution is 0.102. The molecule has 1 aliphatic heterocycles. The molecule has 1 N–H and O–H groups in total. The molecule has 2 aromatic carbocycles. The fourth-order valence-corrected chi connectivity index (χ4v) is 4.95. The van der Waals surface area contributed by atoms with Crippen molar-refractivity contribution in [1.29, 1.82) is 0 Å². The molecule has 0 spiro atoms. The van der Waals surface area contributed by atoms with Crippen LogP contribution in [0.25, 0.3) is 0 Å². The number of hydrogen-bond donors (Lipinski definition) is 1. The van der Waals surface area contributed by atoms with Gasteiger partial charge < -0.3 is 10.1 Å². The van der Waals surface area contributed by atoms with Crippen LogP contribution in [-0.2, 0) is 10.0 Å². The molecular formula is C21H26N2O4S. The normalized spacial score (nSPS) is 15.0. The topological polar surface area (TPSA) is 75.7 Å². The smallest absolute Gasteiger partial charge is 0.255 e. The van der Waals surface area contributed by atoms with Crippen molar-refractivity contribution in [3.63, 3.8) is 0 Å². The first-order chi connectivity index (χ1) is 13.3. The zero-order chi connectivity index (χ0) is 20.3. The van der Waals surface area contributed by atoms with E-state index in [1.807, 2.05) is 13.8 Å². The minimum atomic E-state index is -3.58. The van der Waals surface area contributed by atoms with Gasteiger partial charge in [0.05, 0.1) is 11.0 Å². The van der Waals surface area contributed by atoms with Crippen molar-refractivity contribution in [2.75, 3.05) is 18.4 Å². The van der Waals surface area contributed by atoms with Gasteiger partial charge in [-0.15, -0.1) is 0 Å². The Morgan fingerprint density at radius 2 is 1.71 bits per heavy atom. The zero-order valence-corrected chi connectivity index (χ0v) is 17.3. The fourth-order valence-electron chi connectivity index (χ4n) is 3.18. The number of nitrogens with one attached hydrogen (secondary N) is 1. The summed E-state index contributed by atoms with van der Waals surface area (Å²) in [5.74, 6) is 0.373. The molecule has 0 saturated carbocycles. The van der Waals surface area contributed by atoms with Crippen LogP contribution in [0.2, 0.25) is 0 Å². The van der Waals surface area contributed by atoms with E-state index in [-0.39, 0.29) is 16.9 Å². The van der Waals surface area contributed by atoms with E-state index >= 15 is 0 Å². The molecule has 6 nitrogen and oxygen atoms in total. The van der Waals surface area contributed by atoms with E-state index in [0.29, 0.717) is 29.9 Å². The van der Waals surface area contributed by atoms with Gasteiger partial charge in [-0.2, -0.15) is 4.31 Å². The highest BCUT2D eigenvalue weighted by molar-refractivity contribution is 7.89. The predicted octanol–water partition coefficient (Wildman–Crippen LogP) is 3.82. The quantitative estimate of drug-likeness (QED) is 0.797. The Morgan fingerprint density at radius 3 is 2.32 bits per heavy atom. The second-order valence-corrected chi connectivity index (χ2v) is 9.14. The van der Waals surface area contributed by atoms with Gasteiger partial charge in [-0.25, -0.2) is 8.42 Å². The van der Waals surface area contributed by atoms with E-state index in [0.717, 1.165) is 18.6 Å². The van der Waals surface area contributed by atoms with Gasteiger partial charge in [-0.1, -0.05) is 6.07 Å². The third-order valence-corrected chi connectivity index (χ3v) is 6.66. The second-order valence-electron chi connectivity index (χ2n) is 7.24. The van der Waals surface area contributed by atoms with Crippen LogP contribution in [0.5, 0.6) is 5.75 Å². The van der Waals surface area contributed by atoms with E-state index in [9.17, 15) is 13.2 Å². The highest BCUT2D eigenvalue weighted by atomic mass is 32.2. The summed E-state index contributed by atoms with van der Waals surface area (Å²) >= 11 is 0. The van der Waals surface area contributed by atoms with Gasteiger partial charge in [0.1, 0.15) is 5.75 Å². The summed E-state index contributed by atoms with van der Waals surface area (Å²) in [5, 5.41) is 2.80. The van der Waals surface area contributed by atoms with Gasteiger partial charge in [-0.05, 0) is 75.6 Å². The molecule has 0 aromatic heterocycles. The molecule has 0 bridgehead atoms. The zero-order valence-electron chi connectivity index (χ0n) is 16.4. The summed E-state index contributed by atoms with van der Waals surface area (Å²) in [4.78, 5) is 12.8. The largest absolute Gasteiger partial charge is 0.491 e. The molecule has 1 fully saturated rings. The summed E-state index contributed by atoms with van der Waals surface area (Å²) in [7, 11) is -3.58. The average Bonchev–Trinajstić information content (AvgIpc) is 3.18. The molecule has 0 aliphatic carbocycles. The number of amides is 1. The minimum absolute atomic E-state index is 0.0731. The minimum Gasteiger partial charge on any atom is -0.491 e. The van der Waals surface area contributed by atoms with Gasteiger partial charge in [0.2, 0.25) is 10.0 Å². The summed E-state index contributed by atoms with van der Waals surface area (Å²) in [6.45, 7) is 6.70. The molecule has 28 heavy (non-hydrogen) atoms. The maximum Gasteiger partial charge on any atom is 0.255 e. The Kier molecular flexibility index (Phi) is 6.05. The van der Waals surface area contributed by atoms with Crippen molar-refractivity contribution >= 4 is 21.6 Å². The number of benzene rings is 2. The van der Waals surface area contributed by atoms with E-state index in [1.54, 1.807) is 43.3 Å². The molecule has 0 radical (unpaired) electrons. The summed E-state index contributed by atoms with van der Waals surface area (Å²) in [5.41, 5.74) is 1.56. The van der Waals surface area contributed by atoms with Crippen LogP contribution in [0.1, 0.15) is 42.6 Å². The molecule has 1 heterocycles. The van der Waals surface area contributed by atoms with E-state index in [4.69, 9.17) is 4.74 Å². The molecule has 0 atom stereocenters. The van der Waals surface area contributed by atoms with Crippen molar-refractivity contribution in [3.05, 3.63) is 53.6 Å². The number of rotatable bonds is 6. The Balaban J connectivity index is 1.79. The molecule has 0 unspecified atom stereocenters. The highest BCUT2D eigenvalue weighted by Gasteiger charge is 2.29. The van der Waals surface area contributed by atoms with Crippen molar-refractivity contribution in [1.82, 2.24) is 4.31 Å². The number of sulfonamides is 1. The second kappa shape index (κ2) is 8.32. The molecule has 1 aliphatic rings. The lowest BCUT2D eigenvalue weighted by Gasteiger charge is -2.18. The third kappa shape index (κ3) is 4.54. The van der Waals surface area contributed by atoms with Crippen molar-refractivity contribution in [2.24, 2.45) is 0 Å². The number of ether oxygens (including phenoxy) is 1. The fraction of sp³-hybridized carbons (Fsp3) is 0.381. The monoisotopic (exact) mass is 402 g/mol. The summed E-state index contributed by atoms with van der Waals surface area (Å²) < 4.78 is 32.9. The van der Waals surface area contributed by atoms with Crippen LogP contribution in [0.15, 0.2) is 47.4 Å². The number of anilines is 1. The first kappa shape index (κ1) is 20.4. The van der Waals surface area contributed by atoms with Crippen LogP contribution in [0.3, 0.4) is 0 Å². The highest BCUT2D eigenvalue weighted by Crippen LogP contribution is 2.25. The van der Waals surface area contributed by atoms with Crippen LogP contribution >= 0.6 is 0 Å². The van der Waals surface area contributed by atoms with Crippen molar-refractivity contribution in [2.45, 2.75) is 44.6 Å². The average molecular weight is 403 g/mol. The van der Waals surface area contributed by atoms with Crippen LogP contribution in [-0.4, -0.2) is 37.8 Å². The first-order valence-electron chi connectivity index (χ1n) is 9.46. The molecule has 1 amide bonds. The Morgan fingerprint density at radius 1 is 1.07 bits per heavy atom. The molecule has 3 rings (SSSR count). The van der Waals surface area contributed by atoms with E-state index in [2.05, 4.69) is 5.32 Å². The maximum atomic E-state index is 12.9. The molecule has 150 valence electrons. The number of carbonyl (C=O) groups is 1. The van der Waals surface area contributed by atoms with Gasteiger partial charge in [0.25, 0.3) is 5.91 Å². The van der Waals surface area contributed by atoms with Crippen molar-refractivity contribution in [3.8, 4) is 5.75 Å². The van der Waals surface area contributed by atoms with Crippen molar-refractivity contribution < 1.29 is 17.9 Å². The van der Waals surface area contributed by atoms with Crippen LogP contribution in [0.4, 0.5) is 5.69 Å². The van der Waals surface area contributed by atoms with Gasteiger partial charge in [0.15, 0.2) is 0 Å². The van der Waals surface area contributed by atoms with Crippen LogP contribution < -0.4 is 10.1 Å². The Labute approximate surface area is 166 Å². The predicted molar refractivity (Wildman–Crippen MR) is 109 cm³/mol. The number of hydrogen-bond acceptors (Lipinski definition) is 4. The standard InChI is InChI=1S/C21H26N2O4S/c1-15(2)27-19-10-8-18(9-11-19)22-21(24)17-7-6-16(3)20(14-17)28(25,26)23-12-4-5-13-23/h6-11,14-15H,4-5,12-13H2,1-3H3,(H,22,24). The van der Waals surface area contributed by atoms with E-state index in [1.165, 1.54) is 10.4 Å². The van der Waals surface area contributed by atoms with E-state index < -0.39 is 10.0 Å². The molecule has 7 heteroatoms. The number of aryl methyl sites for hydroxylation is 1. The number of carbonyl (C=O) groups excluding carboxylic acids is 1. The van der Waals surface area contributed by atoms with Gasteiger partial charge in [0, 0.05) is 24.3 Å². The molecule has 2 aromatic rings. The number of nitrogens with zero attached hydrogens (tertiary/aromatic N) is 1. The Bertz CT molecular complexity index is 947. The van der Waals surface area contributed by atoms with Gasteiger partial charge in [-0.3, -0.25) is 4.79 Å².